The van der Waals surface area contributed by atoms with Crippen LogP contribution in [0.25, 0.3) is 0 Å². The van der Waals surface area contributed by atoms with Crippen LogP contribution in [0.2, 0.25) is 0 Å². The van der Waals surface area contributed by atoms with Gasteiger partial charge < -0.3 is 9.64 Å². The van der Waals surface area contributed by atoms with Crippen LogP contribution >= 0.6 is 0 Å². The number of ether oxygens (including phenoxy) is 1. The number of methoxy groups -OCH3 is 1. The molecule has 0 spiro atoms. The largest absolute Gasteiger partial charge is 0.497 e. The van der Waals surface area contributed by atoms with Gasteiger partial charge in [-0.1, -0.05) is 12.1 Å². The Morgan fingerprint density at radius 1 is 1.04 bits per heavy atom. The molecule has 1 saturated heterocycles. The molecule has 5 heteroatoms. The summed E-state index contributed by atoms with van der Waals surface area (Å²) in [6.45, 7) is 1.15. The zero-order valence-electron chi connectivity index (χ0n) is 14.8. The van der Waals surface area contributed by atoms with Crippen LogP contribution in [0.5, 0.6) is 5.75 Å². The van der Waals surface area contributed by atoms with E-state index in [-0.39, 0.29) is 29.8 Å². The molecule has 0 aromatic heterocycles. The second-order valence-corrected chi connectivity index (χ2v) is 6.55. The number of ketones is 1. The molecule has 2 aromatic carbocycles. The van der Waals surface area contributed by atoms with E-state index in [4.69, 9.17) is 4.74 Å². The van der Waals surface area contributed by atoms with Crippen LogP contribution in [-0.2, 0) is 11.2 Å². The highest BCUT2D eigenvalue weighted by atomic mass is 19.1. The molecule has 1 heterocycles. The minimum absolute atomic E-state index is 0.0203. The number of hydrogen-bond donors (Lipinski definition) is 0. The third kappa shape index (κ3) is 4.28. The molecule has 136 valence electrons. The Hall–Kier alpha value is -2.69. The first-order chi connectivity index (χ1) is 12.6. The molecular formula is C21H22FNO3. The number of piperidine rings is 1. The molecule has 1 aliphatic heterocycles. The molecule has 0 aliphatic carbocycles. The Labute approximate surface area is 152 Å². The number of likely N-dealkylation sites (tertiary alicyclic amines) is 1. The number of halogens is 1. The Morgan fingerprint density at radius 3 is 2.23 bits per heavy atom. The van der Waals surface area contributed by atoms with Gasteiger partial charge in [0.05, 0.1) is 13.5 Å². The molecule has 1 aliphatic rings. The Kier molecular flexibility index (Phi) is 5.66. The van der Waals surface area contributed by atoms with E-state index in [1.165, 1.54) is 12.1 Å². The van der Waals surface area contributed by atoms with Crippen LogP contribution < -0.4 is 4.74 Å². The normalized spacial score (nSPS) is 14.9. The molecule has 0 bridgehead atoms. The minimum atomic E-state index is -0.306. The van der Waals surface area contributed by atoms with Crippen LogP contribution in [-0.4, -0.2) is 36.8 Å². The van der Waals surface area contributed by atoms with Crippen LogP contribution in [0.3, 0.4) is 0 Å². The second kappa shape index (κ2) is 8.13. The van der Waals surface area contributed by atoms with E-state index in [1.54, 1.807) is 48.4 Å². The Morgan fingerprint density at radius 2 is 1.65 bits per heavy atom. The van der Waals surface area contributed by atoms with Gasteiger partial charge in [-0.05, 0) is 54.8 Å². The van der Waals surface area contributed by atoms with Gasteiger partial charge in [0.2, 0.25) is 5.91 Å². The summed E-state index contributed by atoms with van der Waals surface area (Å²) >= 11 is 0. The maximum atomic E-state index is 12.9. The third-order valence-corrected chi connectivity index (χ3v) is 4.86. The summed E-state index contributed by atoms with van der Waals surface area (Å²) in [5.41, 5.74) is 1.48. The summed E-state index contributed by atoms with van der Waals surface area (Å²) in [6.07, 6.45) is 1.59. The van der Waals surface area contributed by atoms with E-state index in [0.29, 0.717) is 31.5 Å². The molecule has 0 N–H and O–H groups in total. The molecule has 3 rings (SSSR count). The number of carbonyl (C=O) groups is 2. The van der Waals surface area contributed by atoms with Crippen LogP contribution in [0.15, 0.2) is 48.5 Å². The highest BCUT2D eigenvalue weighted by Gasteiger charge is 2.27. The van der Waals surface area contributed by atoms with E-state index in [0.717, 1.165) is 11.3 Å². The first-order valence-electron chi connectivity index (χ1n) is 8.77. The zero-order chi connectivity index (χ0) is 18.5. The summed E-state index contributed by atoms with van der Waals surface area (Å²) in [5.74, 6) is 0.505. The van der Waals surface area contributed by atoms with Crippen molar-refractivity contribution in [2.45, 2.75) is 19.3 Å². The van der Waals surface area contributed by atoms with E-state index in [2.05, 4.69) is 0 Å². The first kappa shape index (κ1) is 18.1. The predicted octanol–water partition coefficient (Wildman–Crippen LogP) is 3.50. The maximum absolute atomic E-state index is 12.9. The highest BCUT2D eigenvalue weighted by Crippen LogP contribution is 2.23. The number of rotatable bonds is 5. The van der Waals surface area contributed by atoms with Crippen molar-refractivity contribution < 1.29 is 18.7 Å². The van der Waals surface area contributed by atoms with E-state index < -0.39 is 0 Å². The van der Waals surface area contributed by atoms with Crippen molar-refractivity contribution in [3.8, 4) is 5.75 Å². The molecule has 4 nitrogen and oxygen atoms in total. The van der Waals surface area contributed by atoms with Crippen molar-refractivity contribution >= 4 is 11.7 Å². The first-order valence-corrected chi connectivity index (χ1v) is 8.77. The van der Waals surface area contributed by atoms with Gasteiger partial charge in [0.1, 0.15) is 11.6 Å². The topological polar surface area (TPSA) is 46.6 Å². The van der Waals surface area contributed by atoms with Gasteiger partial charge in [-0.2, -0.15) is 0 Å². The average Bonchev–Trinajstić information content (AvgIpc) is 2.69. The average molecular weight is 355 g/mol. The smallest absolute Gasteiger partial charge is 0.226 e. The predicted molar refractivity (Wildman–Crippen MR) is 96.7 cm³/mol. The second-order valence-electron chi connectivity index (χ2n) is 6.55. The van der Waals surface area contributed by atoms with Crippen LogP contribution in [0.1, 0.15) is 28.8 Å². The molecule has 0 atom stereocenters. The number of nitrogens with zero attached hydrogens (tertiary/aromatic N) is 1. The van der Waals surface area contributed by atoms with Crippen molar-refractivity contribution in [2.75, 3.05) is 20.2 Å². The Balaban J connectivity index is 1.53. The number of benzene rings is 2. The standard InChI is InChI=1S/C21H22FNO3/c1-26-19-8-4-16(5-9-19)21(25)17-10-12-23(13-11-17)20(24)14-15-2-6-18(22)7-3-15/h2-9,17H,10-14H2,1H3. The lowest BCUT2D eigenvalue weighted by molar-refractivity contribution is -0.131. The van der Waals surface area contributed by atoms with Gasteiger partial charge >= 0.3 is 0 Å². The van der Waals surface area contributed by atoms with Crippen molar-refractivity contribution in [1.82, 2.24) is 4.90 Å². The maximum Gasteiger partial charge on any atom is 0.226 e. The molecule has 1 amide bonds. The van der Waals surface area contributed by atoms with Crippen molar-refractivity contribution in [1.29, 1.82) is 0 Å². The summed E-state index contributed by atoms with van der Waals surface area (Å²) in [6, 6.07) is 13.1. The molecule has 0 radical (unpaired) electrons. The Bertz CT molecular complexity index is 763. The fourth-order valence-corrected chi connectivity index (χ4v) is 3.27. The monoisotopic (exact) mass is 355 g/mol. The van der Waals surface area contributed by atoms with Gasteiger partial charge in [0.15, 0.2) is 5.78 Å². The van der Waals surface area contributed by atoms with Crippen molar-refractivity contribution in [2.24, 2.45) is 5.92 Å². The number of Topliss-reactive ketones (excluding diaryl/α,β-unsaturated/α-hetero) is 1. The highest BCUT2D eigenvalue weighted by molar-refractivity contribution is 5.98. The summed E-state index contributed by atoms with van der Waals surface area (Å²) < 4.78 is 18.1. The van der Waals surface area contributed by atoms with Crippen molar-refractivity contribution in [3.63, 3.8) is 0 Å². The SMILES string of the molecule is COc1ccc(C(=O)C2CCN(C(=O)Cc3ccc(F)cc3)CC2)cc1. The third-order valence-electron chi connectivity index (χ3n) is 4.86. The zero-order valence-corrected chi connectivity index (χ0v) is 14.8. The molecule has 26 heavy (non-hydrogen) atoms. The van der Waals surface area contributed by atoms with E-state index in [1.807, 2.05) is 0 Å². The summed E-state index contributed by atoms with van der Waals surface area (Å²) in [4.78, 5) is 26.8. The summed E-state index contributed by atoms with van der Waals surface area (Å²) in [5, 5.41) is 0. The lowest BCUT2D eigenvalue weighted by Gasteiger charge is -2.31. The quantitative estimate of drug-likeness (QED) is 0.771. The molecule has 0 saturated carbocycles. The number of hydrogen-bond acceptors (Lipinski definition) is 3. The van der Waals surface area contributed by atoms with Gasteiger partial charge in [0.25, 0.3) is 0 Å². The fraction of sp³-hybridized carbons (Fsp3) is 0.333. The number of amides is 1. The van der Waals surface area contributed by atoms with E-state index in [9.17, 15) is 14.0 Å². The number of carbonyl (C=O) groups excluding carboxylic acids is 2. The fourth-order valence-electron chi connectivity index (χ4n) is 3.27. The minimum Gasteiger partial charge on any atom is -0.497 e. The molecule has 2 aromatic rings. The van der Waals surface area contributed by atoms with Gasteiger partial charge in [-0.3, -0.25) is 9.59 Å². The van der Waals surface area contributed by atoms with Crippen molar-refractivity contribution in [3.05, 3.63) is 65.5 Å². The lowest BCUT2D eigenvalue weighted by atomic mass is 9.88. The molecular weight excluding hydrogens is 333 g/mol. The lowest BCUT2D eigenvalue weighted by Crippen LogP contribution is -2.41. The van der Waals surface area contributed by atoms with Gasteiger partial charge in [-0.25, -0.2) is 4.39 Å². The van der Waals surface area contributed by atoms with Gasteiger partial charge in [-0.15, -0.1) is 0 Å². The van der Waals surface area contributed by atoms with Crippen LogP contribution in [0, 0.1) is 11.7 Å². The van der Waals surface area contributed by atoms with Crippen LogP contribution in [0.4, 0.5) is 4.39 Å². The van der Waals surface area contributed by atoms with E-state index >= 15 is 0 Å². The summed E-state index contributed by atoms with van der Waals surface area (Å²) in [7, 11) is 1.59. The molecule has 1 fully saturated rings. The molecule has 0 unspecified atom stereocenters. The van der Waals surface area contributed by atoms with Gasteiger partial charge in [0, 0.05) is 24.6 Å².